The molecule has 0 unspecified atom stereocenters. The Kier molecular flexibility index (Phi) is 5.10. The zero-order valence-electron chi connectivity index (χ0n) is 11.6. The highest BCUT2D eigenvalue weighted by molar-refractivity contribution is 5.73. The lowest BCUT2D eigenvalue weighted by atomic mass is 10.0. The molecule has 1 aromatic carbocycles. The van der Waals surface area contributed by atoms with Gasteiger partial charge in [0.1, 0.15) is 5.60 Å². The van der Waals surface area contributed by atoms with Gasteiger partial charge in [0.25, 0.3) is 0 Å². The lowest BCUT2D eigenvalue weighted by Crippen LogP contribution is -2.24. The third-order valence-electron chi connectivity index (χ3n) is 2.39. The Labute approximate surface area is 113 Å². The molecular formula is C15H20O4. The van der Waals surface area contributed by atoms with Crippen LogP contribution < -0.4 is 0 Å². The second-order valence-electron chi connectivity index (χ2n) is 5.48. The Morgan fingerprint density at radius 2 is 1.84 bits per heavy atom. The maximum Gasteiger partial charge on any atom is 0.310 e. The predicted molar refractivity (Wildman–Crippen MR) is 71.9 cm³/mol. The van der Waals surface area contributed by atoms with Crippen LogP contribution in [0, 0.1) is 0 Å². The summed E-state index contributed by atoms with van der Waals surface area (Å²) in [6, 6.07) is 7.39. The molecule has 0 amide bonds. The van der Waals surface area contributed by atoms with E-state index in [4.69, 9.17) is 9.84 Å². The molecule has 19 heavy (non-hydrogen) atoms. The van der Waals surface area contributed by atoms with Crippen LogP contribution in [-0.2, 0) is 27.2 Å². The Hall–Kier alpha value is -1.84. The van der Waals surface area contributed by atoms with Crippen molar-refractivity contribution in [2.75, 3.05) is 0 Å². The molecule has 0 heterocycles. The van der Waals surface area contributed by atoms with Crippen LogP contribution in [0.25, 0.3) is 0 Å². The Bertz CT molecular complexity index is 457. The van der Waals surface area contributed by atoms with E-state index in [1.54, 1.807) is 0 Å². The van der Waals surface area contributed by atoms with E-state index in [-0.39, 0.29) is 18.8 Å². The third-order valence-corrected chi connectivity index (χ3v) is 2.39. The summed E-state index contributed by atoms with van der Waals surface area (Å²) in [6.45, 7) is 5.48. The third kappa shape index (κ3) is 6.60. The summed E-state index contributed by atoms with van der Waals surface area (Å²) in [7, 11) is 0. The number of carboxylic acids is 1. The van der Waals surface area contributed by atoms with Crippen molar-refractivity contribution in [2.24, 2.45) is 0 Å². The highest BCUT2D eigenvalue weighted by Crippen LogP contribution is 2.12. The minimum atomic E-state index is -0.822. The fourth-order valence-corrected chi connectivity index (χ4v) is 1.69. The SMILES string of the molecule is CC(C)(C)OC(=O)Cc1cccc(CCC(=O)O)c1. The van der Waals surface area contributed by atoms with Crippen molar-refractivity contribution >= 4 is 11.9 Å². The van der Waals surface area contributed by atoms with E-state index in [0.717, 1.165) is 11.1 Å². The molecule has 0 spiro atoms. The number of hydrogen-bond acceptors (Lipinski definition) is 3. The first-order chi connectivity index (χ1) is 8.76. The van der Waals surface area contributed by atoms with Gasteiger partial charge in [-0.3, -0.25) is 9.59 Å². The normalized spacial score (nSPS) is 11.1. The summed E-state index contributed by atoms with van der Waals surface area (Å²) in [5.41, 5.74) is 1.28. The first-order valence-electron chi connectivity index (χ1n) is 6.28. The van der Waals surface area contributed by atoms with Crippen molar-refractivity contribution in [3.63, 3.8) is 0 Å². The van der Waals surface area contributed by atoms with E-state index in [1.165, 1.54) is 0 Å². The maximum atomic E-state index is 11.7. The van der Waals surface area contributed by atoms with Crippen molar-refractivity contribution in [2.45, 2.75) is 45.6 Å². The summed E-state index contributed by atoms with van der Waals surface area (Å²) < 4.78 is 5.25. The van der Waals surface area contributed by atoms with Crippen LogP contribution in [0.1, 0.15) is 38.3 Å². The molecule has 0 aliphatic carbocycles. The van der Waals surface area contributed by atoms with Crippen molar-refractivity contribution in [1.29, 1.82) is 0 Å². The topological polar surface area (TPSA) is 63.6 Å². The average molecular weight is 264 g/mol. The van der Waals surface area contributed by atoms with Crippen LogP contribution >= 0.6 is 0 Å². The van der Waals surface area contributed by atoms with Crippen molar-refractivity contribution < 1.29 is 19.4 Å². The van der Waals surface area contributed by atoms with Crippen molar-refractivity contribution in [1.82, 2.24) is 0 Å². The minimum absolute atomic E-state index is 0.0931. The zero-order valence-corrected chi connectivity index (χ0v) is 11.6. The number of ether oxygens (including phenoxy) is 1. The average Bonchev–Trinajstić information content (AvgIpc) is 2.24. The fourth-order valence-electron chi connectivity index (χ4n) is 1.69. The van der Waals surface area contributed by atoms with Gasteiger partial charge < -0.3 is 9.84 Å². The van der Waals surface area contributed by atoms with Gasteiger partial charge in [0.15, 0.2) is 0 Å². The predicted octanol–water partition coefficient (Wildman–Crippen LogP) is 2.59. The van der Waals surface area contributed by atoms with E-state index in [2.05, 4.69) is 0 Å². The molecule has 0 aromatic heterocycles. The molecule has 0 aliphatic rings. The highest BCUT2D eigenvalue weighted by Gasteiger charge is 2.16. The summed E-state index contributed by atoms with van der Waals surface area (Å²) in [5, 5.41) is 8.64. The zero-order chi connectivity index (χ0) is 14.5. The largest absolute Gasteiger partial charge is 0.481 e. The van der Waals surface area contributed by atoms with E-state index >= 15 is 0 Å². The van der Waals surface area contributed by atoms with E-state index in [9.17, 15) is 9.59 Å². The lowest BCUT2D eigenvalue weighted by molar-refractivity contribution is -0.154. The Balaban J connectivity index is 2.61. The van der Waals surface area contributed by atoms with Gasteiger partial charge in [-0.05, 0) is 38.3 Å². The Morgan fingerprint density at radius 3 is 2.42 bits per heavy atom. The molecule has 0 radical (unpaired) electrons. The van der Waals surface area contributed by atoms with Gasteiger partial charge in [-0.1, -0.05) is 24.3 Å². The molecule has 0 fully saturated rings. The van der Waals surface area contributed by atoms with E-state index in [0.29, 0.717) is 6.42 Å². The number of hydrogen-bond donors (Lipinski definition) is 1. The summed E-state index contributed by atoms with van der Waals surface area (Å²) in [4.78, 5) is 22.2. The number of benzene rings is 1. The van der Waals surface area contributed by atoms with Gasteiger partial charge in [-0.25, -0.2) is 0 Å². The van der Waals surface area contributed by atoms with Crippen LogP contribution in [0.2, 0.25) is 0 Å². The van der Waals surface area contributed by atoms with Gasteiger partial charge in [0.05, 0.1) is 6.42 Å². The smallest absolute Gasteiger partial charge is 0.310 e. The number of aliphatic carboxylic acids is 1. The number of carboxylic acid groups (broad SMARTS) is 1. The van der Waals surface area contributed by atoms with Crippen molar-refractivity contribution in [3.05, 3.63) is 35.4 Å². The molecule has 0 aliphatic heterocycles. The number of carbonyl (C=O) groups is 2. The van der Waals surface area contributed by atoms with Crippen LogP contribution in [0.4, 0.5) is 0 Å². The van der Waals surface area contributed by atoms with Crippen LogP contribution in [-0.4, -0.2) is 22.6 Å². The molecule has 0 saturated heterocycles. The standard InChI is InChI=1S/C15H20O4/c1-15(2,3)19-14(18)10-12-6-4-5-11(9-12)7-8-13(16)17/h4-6,9H,7-8,10H2,1-3H3,(H,16,17). The number of rotatable bonds is 5. The molecule has 1 N–H and O–H groups in total. The molecule has 0 bridgehead atoms. The fraction of sp³-hybridized carbons (Fsp3) is 0.467. The second-order valence-corrected chi connectivity index (χ2v) is 5.48. The summed E-state index contributed by atoms with van der Waals surface area (Å²) in [6.07, 6.45) is 0.769. The molecule has 1 aromatic rings. The van der Waals surface area contributed by atoms with Gasteiger partial charge in [0, 0.05) is 6.42 Å². The quantitative estimate of drug-likeness (QED) is 0.830. The monoisotopic (exact) mass is 264 g/mol. The van der Waals surface area contributed by atoms with Gasteiger partial charge in [-0.2, -0.15) is 0 Å². The highest BCUT2D eigenvalue weighted by atomic mass is 16.6. The van der Waals surface area contributed by atoms with E-state index in [1.807, 2.05) is 45.0 Å². The summed E-state index contributed by atoms with van der Waals surface area (Å²) in [5.74, 6) is -1.10. The minimum Gasteiger partial charge on any atom is -0.481 e. The van der Waals surface area contributed by atoms with Crippen LogP contribution in [0.3, 0.4) is 0 Å². The van der Waals surface area contributed by atoms with Crippen LogP contribution in [0.15, 0.2) is 24.3 Å². The first-order valence-corrected chi connectivity index (χ1v) is 6.28. The number of aryl methyl sites for hydroxylation is 1. The molecule has 0 atom stereocenters. The van der Waals surface area contributed by atoms with E-state index < -0.39 is 11.6 Å². The van der Waals surface area contributed by atoms with Crippen molar-refractivity contribution in [3.8, 4) is 0 Å². The first kappa shape index (κ1) is 15.2. The van der Waals surface area contributed by atoms with Crippen LogP contribution in [0.5, 0.6) is 0 Å². The molecule has 104 valence electrons. The summed E-state index contributed by atoms with van der Waals surface area (Å²) >= 11 is 0. The molecule has 0 saturated carbocycles. The second kappa shape index (κ2) is 6.36. The number of esters is 1. The van der Waals surface area contributed by atoms with Gasteiger partial charge in [0.2, 0.25) is 0 Å². The number of carbonyl (C=O) groups excluding carboxylic acids is 1. The molecule has 4 heteroatoms. The van der Waals surface area contributed by atoms with Gasteiger partial charge in [-0.15, -0.1) is 0 Å². The molecular weight excluding hydrogens is 244 g/mol. The lowest BCUT2D eigenvalue weighted by Gasteiger charge is -2.19. The maximum absolute atomic E-state index is 11.7. The molecule has 4 nitrogen and oxygen atoms in total. The Morgan fingerprint density at radius 1 is 1.21 bits per heavy atom. The van der Waals surface area contributed by atoms with Gasteiger partial charge >= 0.3 is 11.9 Å². The molecule has 1 rings (SSSR count).